The first-order valence-electron chi connectivity index (χ1n) is 8.39. The third-order valence-corrected chi connectivity index (χ3v) is 5.49. The van der Waals surface area contributed by atoms with Crippen LogP contribution in [0.1, 0.15) is 30.3 Å². The highest BCUT2D eigenvalue weighted by molar-refractivity contribution is 7.99. The first-order chi connectivity index (χ1) is 12.1. The summed E-state index contributed by atoms with van der Waals surface area (Å²) in [5, 5.41) is 1.77. The van der Waals surface area contributed by atoms with Crippen LogP contribution >= 0.6 is 23.4 Å². The highest BCUT2D eigenvalue weighted by Crippen LogP contribution is 2.37. The maximum Gasteiger partial charge on any atom is 0.271 e. The molecule has 0 spiro atoms. The van der Waals surface area contributed by atoms with Crippen molar-refractivity contribution in [3.8, 4) is 0 Å². The van der Waals surface area contributed by atoms with Gasteiger partial charge in [-0.3, -0.25) is 4.79 Å². The van der Waals surface area contributed by atoms with Gasteiger partial charge in [-0.25, -0.2) is 0 Å². The summed E-state index contributed by atoms with van der Waals surface area (Å²) in [6.45, 7) is 2.89. The first kappa shape index (κ1) is 17.9. The van der Waals surface area contributed by atoms with Gasteiger partial charge < -0.3 is 9.88 Å². The van der Waals surface area contributed by atoms with Gasteiger partial charge in [-0.05, 0) is 36.8 Å². The number of nitrogens with one attached hydrogen (secondary N) is 1. The van der Waals surface area contributed by atoms with E-state index in [1.54, 1.807) is 16.7 Å². The second-order valence-electron chi connectivity index (χ2n) is 6.01. The normalized spacial score (nSPS) is 11.0. The van der Waals surface area contributed by atoms with Crippen molar-refractivity contribution in [3.05, 3.63) is 59.2 Å². The molecule has 3 nitrogen and oxygen atoms in total. The second-order valence-corrected chi connectivity index (χ2v) is 7.53. The molecule has 0 unspecified atom stereocenters. The topological polar surface area (TPSA) is 36.1 Å². The van der Waals surface area contributed by atoms with E-state index in [-0.39, 0.29) is 5.91 Å². The molecule has 1 N–H and O–H groups in total. The summed E-state index contributed by atoms with van der Waals surface area (Å²) < 4.78 is 0. The van der Waals surface area contributed by atoms with E-state index in [1.165, 1.54) is 0 Å². The molecular formula is C20H21ClN2OS. The highest BCUT2D eigenvalue weighted by atomic mass is 35.5. The third kappa shape index (κ3) is 4.02. The minimum atomic E-state index is 0.0288. The number of para-hydroxylation sites is 1. The highest BCUT2D eigenvalue weighted by Gasteiger charge is 2.21. The quantitative estimate of drug-likeness (QED) is 0.589. The van der Waals surface area contributed by atoms with Gasteiger partial charge in [0.15, 0.2) is 0 Å². The lowest BCUT2D eigenvalue weighted by Crippen LogP contribution is -2.28. The van der Waals surface area contributed by atoms with Gasteiger partial charge >= 0.3 is 0 Å². The minimum Gasteiger partial charge on any atom is -0.350 e. The number of carbonyl (C=O) groups excluding carboxylic acids is 1. The number of benzene rings is 2. The summed E-state index contributed by atoms with van der Waals surface area (Å²) in [6.07, 6.45) is 2.07. The zero-order valence-electron chi connectivity index (χ0n) is 14.4. The Balaban J connectivity index is 1.99. The number of H-pyrrole nitrogens is 1. The number of nitrogens with zero attached hydrogens (tertiary/aromatic N) is 1. The number of carbonyl (C=O) groups is 1. The Labute approximate surface area is 157 Å². The number of amides is 1. The van der Waals surface area contributed by atoms with Gasteiger partial charge in [-0.2, -0.15) is 0 Å². The second kappa shape index (κ2) is 7.98. The molecule has 0 saturated heterocycles. The lowest BCUT2D eigenvalue weighted by molar-refractivity contribution is 0.0785. The summed E-state index contributed by atoms with van der Waals surface area (Å²) in [5.41, 5.74) is 1.63. The van der Waals surface area contributed by atoms with Crippen LogP contribution in [0.15, 0.2) is 58.3 Å². The molecule has 0 aliphatic heterocycles. The van der Waals surface area contributed by atoms with Crippen molar-refractivity contribution in [1.29, 1.82) is 0 Å². The molecule has 3 rings (SSSR count). The molecular weight excluding hydrogens is 352 g/mol. The van der Waals surface area contributed by atoms with Gasteiger partial charge in [0, 0.05) is 34.4 Å². The fraction of sp³-hybridized carbons (Fsp3) is 0.250. The summed E-state index contributed by atoms with van der Waals surface area (Å²) >= 11 is 7.58. The average molecular weight is 373 g/mol. The van der Waals surface area contributed by atoms with Crippen LogP contribution in [0.2, 0.25) is 5.02 Å². The van der Waals surface area contributed by atoms with Crippen LogP contribution in [0.4, 0.5) is 0 Å². The smallest absolute Gasteiger partial charge is 0.271 e. The fourth-order valence-electron chi connectivity index (χ4n) is 2.68. The molecule has 0 aliphatic rings. The SMILES string of the molecule is CCCCN(C)C(=O)c1[nH]c2ccccc2c1Sc1ccc(Cl)cc1. The van der Waals surface area contributed by atoms with Gasteiger partial charge in [-0.15, -0.1) is 0 Å². The molecule has 3 aromatic rings. The number of aromatic amines is 1. The van der Waals surface area contributed by atoms with E-state index in [0.717, 1.165) is 40.1 Å². The van der Waals surface area contributed by atoms with E-state index < -0.39 is 0 Å². The molecule has 1 aromatic heterocycles. The lowest BCUT2D eigenvalue weighted by atomic mass is 10.2. The summed E-state index contributed by atoms with van der Waals surface area (Å²) in [6, 6.07) is 15.7. The Bertz CT molecular complexity index is 873. The van der Waals surface area contributed by atoms with E-state index in [9.17, 15) is 4.79 Å². The minimum absolute atomic E-state index is 0.0288. The van der Waals surface area contributed by atoms with Crippen molar-refractivity contribution in [2.45, 2.75) is 29.6 Å². The molecule has 5 heteroatoms. The summed E-state index contributed by atoms with van der Waals surface area (Å²) in [7, 11) is 1.86. The van der Waals surface area contributed by atoms with Gasteiger partial charge in [0.1, 0.15) is 5.69 Å². The van der Waals surface area contributed by atoms with Crippen LogP contribution in [0.25, 0.3) is 10.9 Å². The fourth-order valence-corrected chi connectivity index (χ4v) is 3.84. The lowest BCUT2D eigenvalue weighted by Gasteiger charge is -2.16. The molecule has 2 aromatic carbocycles. The summed E-state index contributed by atoms with van der Waals surface area (Å²) in [5.74, 6) is 0.0288. The zero-order chi connectivity index (χ0) is 17.8. The molecule has 0 radical (unpaired) electrons. The van der Waals surface area contributed by atoms with Crippen LogP contribution in [-0.2, 0) is 0 Å². The summed E-state index contributed by atoms with van der Waals surface area (Å²) in [4.78, 5) is 20.1. The number of hydrogen-bond acceptors (Lipinski definition) is 2. The number of unbranched alkanes of at least 4 members (excludes halogenated alkanes) is 1. The standard InChI is InChI=1S/C20H21ClN2OS/c1-3-4-13-23(2)20(24)18-19(16-7-5-6-8-17(16)22-18)25-15-11-9-14(21)10-12-15/h5-12,22H,3-4,13H2,1-2H3. The third-order valence-electron chi connectivity index (χ3n) is 4.10. The predicted octanol–water partition coefficient (Wildman–Crippen LogP) is 5.84. The van der Waals surface area contributed by atoms with Crippen molar-refractivity contribution < 1.29 is 4.79 Å². The number of rotatable bonds is 6. The Morgan fingerprint density at radius 1 is 1.16 bits per heavy atom. The monoisotopic (exact) mass is 372 g/mol. The molecule has 0 saturated carbocycles. The van der Waals surface area contributed by atoms with Gasteiger partial charge in [0.2, 0.25) is 0 Å². The molecule has 0 atom stereocenters. The Morgan fingerprint density at radius 2 is 1.88 bits per heavy atom. The Hall–Kier alpha value is -1.91. The van der Waals surface area contributed by atoms with Crippen molar-refractivity contribution in [2.24, 2.45) is 0 Å². The average Bonchev–Trinajstić information content (AvgIpc) is 2.99. The molecule has 25 heavy (non-hydrogen) atoms. The molecule has 0 aliphatic carbocycles. The van der Waals surface area contributed by atoms with Crippen LogP contribution in [0.5, 0.6) is 0 Å². The maximum absolute atomic E-state index is 12.9. The predicted molar refractivity (Wildman–Crippen MR) is 106 cm³/mol. The maximum atomic E-state index is 12.9. The number of halogens is 1. The van der Waals surface area contributed by atoms with Gasteiger partial charge in [0.25, 0.3) is 5.91 Å². The van der Waals surface area contributed by atoms with Crippen molar-refractivity contribution in [2.75, 3.05) is 13.6 Å². The molecule has 1 amide bonds. The molecule has 0 bridgehead atoms. The molecule has 0 fully saturated rings. The Morgan fingerprint density at radius 3 is 2.60 bits per heavy atom. The van der Waals surface area contributed by atoms with E-state index in [0.29, 0.717) is 10.7 Å². The number of aromatic nitrogens is 1. The first-order valence-corrected chi connectivity index (χ1v) is 9.59. The van der Waals surface area contributed by atoms with Crippen molar-refractivity contribution >= 4 is 40.2 Å². The van der Waals surface area contributed by atoms with Crippen LogP contribution in [0.3, 0.4) is 0 Å². The van der Waals surface area contributed by atoms with Gasteiger partial charge in [-0.1, -0.05) is 54.9 Å². The zero-order valence-corrected chi connectivity index (χ0v) is 16.0. The Kier molecular flexibility index (Phi) is 5.71. The van der Waals surface area contributed by atoms with Crippen molar-refractivity contribution in [3.63, 3.8) is 0 Å². The van der Waals surface area contributed by atoms with Crippen LogP contribution in [-0.4, -0.2) is 29.4 Å². The van der Waals surface area contributed by atoms with E-state index in [1.807, 2.05) is 55.6 Å². The van der Waals surface area contributed by atoms with Crippen LogP contribution < -0.4 is 0 Å². The molecule has 130 valence electrons. The largest absolute Gasteiger partial charge is 0.350 e. The van der Waals surface area contributed by atoms with Crippen molar-refractivity contribution in [1.82, 2.24) is 9.88 Å². The van der Waals surface area contributed by atoms with E-state index in [4.69, 9.17) is 11.6 Å². The molecule has 1 heterocycles. The number of fused-ring (bicyclic) bond motifs is 1. The number of hydrogen-bond donors (Lipinski definition) is 1. The van der Waals surface area contributed by atoms with Crippen LogP contribution in [0, 0.1) is 0 Å². The van der Waals surface area contributed by atoms with Gasteiger partial charge in [0.05, 0.1) is 4.90 Å². The van der Waals surface area contributed by atoms with E-state index >= 15 is 0 Å². The van der Waals surface area contributed by atoms with E-state index in [2.05, 4.69) is 11.9 Å².